The second-order valence-corrected chi connectivity index (χ2v) is 4.87. The Hall–Kier alpha value is -0.390. The Morgan fingerprint density at radius 1 is 1.77 bits per heavy atom. The van der Waals surface area contributed by atoms with Crippen molar-refractivity contribution in [2.75, 3.05) is 6.54 Å². The Morgan fingerprint density at radius 3 is 3.00 bits per heavy atom. The highest BCUT2D eigenvalue weighted by Gasteiger charge is 2.33. The molecule has 1 aromatic rings. The lowest BCUT2D eigenvalue weighted by Gasteiger charge is -2.35. The van der Waals surface area contributed by atoms with Gasteiger partial charge in [0.1, 0.15) is 6.04 Å². The zero-order valence-electron chi connectivity index (χ0n) is 6.87. The Bertz CT molecular complexity index is 339. The molecule has 1 aliphatic heterocycles. The second-order valence-electron chi connectivity index (χ2n) is 3.02. The van der Waals surface area contributed by atoms with E-state index in [2.05, 4.69) is 15.9 Å². The van der Waals surface area contributed by atoms with Crippen LogP contribution in [0.5, 0.6) is 0 Å². The summed E-state index contributed by atoms with van der Waals surface area (Å²) in [6, 6.07) is 1.73. The highest BCUT2D eigenvalue weighted by atomic mass is 79.9. The van der Waals surface area contributed by atoms with Crippen molar-refractivity contribution in [2.24, 2.45) is 5.73 Å². The first-order valence-corrected chi connectivity index (χ1v) is 5.62. The van der Waals surface area contributed by atoms with Crippen molar-refractivity contribution in [2.45, 2.75) is 12.6 Å². The van der Waals surface area contributed by atoms with E-state index in [0.717, 1.165) is 4.47 Å². The van der Waals surface area contributed by atoms with Gasteiger partial charge in [0, 0.05) is 15.9 Å². The summed E-state index contributed by atoms with van der Waals surface area (Å²) in [6.07, 6.45) is 0. The van der Waals surface area contributed by atoms with Crippen LogP contribution in [-0.4, -0.2) is 23.4 Å². The van der Waals surface area contributed by atoms with Gasteiger partial charge in [-0.1, -0.05) is 0 Å². The Balaban J connectivity index is 2.00. The lowest BCUT2D eigenvalue weighted by atomic mass is 10.1. The molecule has 0 aromatic carbocycles. The molecule has 2 rings (SSSR count). The number of hydrogen-bond acceptors (Lipinski definition) is 3. The van der Waals surface area contributed by atoms with Gasteiger partial charge in [-0.05, 0) is 27.4 Å². The van der Waals surface area contributed by atoms with E-state index in [9.17, 15) is 4.79 Å². The number of carbonyl (C=O) groups is 1. The van der Waals surface area contributed by atoms with E-state index >= 15 is 0 Å². The summed E-state index contributed by atoms with van der Waals surface area (Å²) in [7, 11) is 0. The monoisotopic (exact) mass is 260 g/mol. The minimum absolute atomic E-state index is 0.0558. The number of carbonyl (C=O) groups excluding carboxylic acids is 1. The van der Waals surface area contributed by atoms with E-state index in [1.807, 2.05) is 11.4 Å². The van der Waals surface area contributed by atoms with E-state index in [1.54, 1.807) is 16.2 Å². The largest absolute Gasteiger partial charge is 0.334 e. The molecule has 0 saturated carbocycles. The van der Waals surface area contributed by atoms with Gasteiger partial charge >= 0.3 is 0 Å². The molecule has 0 radical (unpaired) electrons. The normalized spacial score (nSPS) is 21.8. The van der Waals surface area contributed by atoms with Crippen LogP contribution in [-0.2, 0) is 11.3 Å². The van der Waals surface area contributed by atoms with E-state index in [4.69, 9.17) is 5.73 Å². The summed E-state index contributed by atoms with van der Waals surface area (Å²) < 4.78 is 1.07. The Morgan fingerprint density at radius 2 is 2.54 bits per heavy atom. The number of likely N-dealkylation sites (tertiary alicyclic amines) is 1. The highest BCUT2D eigenvalue weighted by Crippen LogP contribution is 2.25. The maximum atomic E-state index is 11.2. The molecule has 1 fully saturated rings. The fourth-order valence-electron chi connectivity index (χ4n) is 1.28. The van der Waals surface area contributed by atoms with Gasteiger partial charge in [-0.15, -0.1) is 11.3 Å². The third-order valence-corrected chi connectivity index (χ3v) is 3.98. The number of thiophene rings is 1. The molecular formula is C8H9BrN2OS. The third-order valence-electron chi connectivity index (χ3n) is 2.07. The Kier molecular flexibility index (Phi) is 2.40. The smallest absolute Gasteiger partial charge is 0.241 e. The van der Waals surface area contributed by atoms with Crippen LogP contribution in [0.3, 0.4) is 0 Å². The van der Waals surface area contributed by atoms with Crippen molar-refractivity contribution in [3.8, 4) is 0 Å². The number of rotatable bonds is 2. The predicted molar refractivity (Wildman–Crippen MR) is 55.4 cm³/mol. The lowest BCUT2D eigenvalue weighted by Crippen LogP contribution is -2.60. The van der Waals surface area contributed by atoms with Crippen molar-refractivity contribution < 1.29 is 4.79 Å². The van der Waals surface area contributed by atoms with Gasteiger partial charge in [-0.2, -0.15) is 0 Å². The molecule has 1 unspecified atom stereocenters. The molecule has 13 heavy (non-hydrogen) atoms. The summed E-state index contributed by atoms with van der Waals surface area (Å²) in [5.41, 5.74) is 5.48. The van der Waals surface area contributed by atoms with Gasteiger partial charge in [0.2, 0.25) is 5.91 Å². The van der Waals surface area contributed by atoms with Crippen molar-refractivity contribution >= 4 is 33.2 Å². The van der Waals surface area contributed by atoms with Gasteiger partial charge in [0.25, 0.3) is 0 Å². The van der Waals surface area contributed by atoms with Crippen molar-refractivity contribution in [3.05, 3.63) is 20.8 Å². The minimum atomic E-state index is -0.265. The van der Waals surface area contributed by atoms with E-state index in [1.165, 1.54) is 4.88 Å². The summed E-state index contributed by atoms with van der Waals surface area (Å²) >= 11 is 5.07. The molecule has 1 amide bonds. The third kappa shape index (κ3) is 1.63. The SMILES string of the molecule is NC1CN(Cc2sccc2Br)C1=O. The highest BCUT2D eigenvalue weighted by molar-refractivity contribution is 9.10. The molecule has 1 saturated heterocycles. The van der Waals surface area contributed by atoms with Crippen LogP contribution in [0.1, 0.15) is 4.88 Å². The van der Waals surface area contributed by atoms with Gasteiger partial charge < -0.3 is 10.6 Å². The van der Waals surface area contributed by atoms with Crippen LogP contribution in [0.2, 0.25) is 0 Å². The van der Waals surface area contributed by atoms with Crippen LogP contribution >= 0.6 is 27.3 Å². The molecule has 3 nitrogen and oxygen atoms in total. The summed E-state index contributed by atoms with van der Waals surface area (Å²) in [6.45, 7) is 1.37. The van der Waals surface area contributed by atoms with Crippen LogP contribution < -0.4 is 5.73 Å². The van der Waals surface area contributed by atoms with E-state index in [-0.39, 0.29) is 11.9 Å². The van der Waals surface area contributed by atoms with Crippen molar-refractivity contribution in [3.63, 3.8) is 0 Å². The maximum Gasteiger partial charge on any atom is 0.241 e. The van der Waals surface area contributed by atoms with E-state index < -0.39 is 0 Å². The zero-order valence-corrected chi connectivity index (χ0v) is 9.27. The summed E-state index contributed by atoms with van der Waals surface area (Å²) in [5, 5.41) is 2.00. The first-order valence-electron chi connectivity index (χ1n) is 3.94. The number of halogens is 1. The Labute approximate surface area is 88.7 Å². The van der Waals surface area contributed by atoms with E-state index in [0.29, 0.717) is 13.1 Å². The average Bonchev–Trinajstić information content (AvgIpc) is 2.51. The number of hydrogen-bond donors (Lipinski definition) is 1. The number of amides is 1. The molecule has 70 valence electrons. The molecule has 2 heterocycles. The van der Waals surface area contributed by atoms with Gasteiger partial charge in [0.05, 0.1) is 6.54 Å². The summed E-state index contributed by atoms with van der Waals surface area (Å²) in [5.74, 6) is 0.0558. The predicted octanol–water partition coefficient (Wildman–Crippen LogP) is 1.18. The summed E-state index contributed by atoms with van der Waals surface area (Å²) in [4.78, 5) is 14.1. The maximum absolute atomic E-state index is 11.2. The molecule has 0 aliphatic carbocycles. The average molecular weight is 261 g/mol. The molecular weight excluding hydrogens is 252 g/mol. The van der Waals surface area contributed by atoms with Crippen LogP contribution in [0.4, 0.5) is 0 Å². The first kappa shape index (κ1) is 9.18. The zero-order chi connectivity index (χ0) is 9.42. The number of β-lactam (4-membered cyclic amide) rings is 1. The lowest BCUT2D eigenvalue weighted by molar-refractivity contribution is -0.143. The molecule has 0 bridgehead atoms. The topological polar surface area (TPSA) is 46.3 Å². The molecule has 1 aliphatic rings. The van der Waals surface area contributed by atoms with Crippen LogP contribution in [0.15, 0.2) is 15.9 Å². The fraction of sp³-hybridized carbons (Fsp3) is 0.375. The number of nitrogens with zero attached hydrogens (tertiary/aromatic N) is 1. The second kappa shape index (κ2) is 3.40. The van der Waals surface area contributed by atoms with Crippen LogP contribution in [0, 0.1) is 0 Å². The fourth-order valence-corrected chi connectivity index (χ4v) is 2.77. The first-order chi connectivity index (χ1) is 6.18. The molecule has 1 aromatic heterocycles. The van der Waals surface area contributed by atoms with Crippen LogP contribution in [0.25, 0.3) is 0 Å². The van der Waals surface area contributed by atoms with Gasteiger partial charge in [-0.3, -0.25) is 4.79 Å². The van der Waals surface area contributed by atoms with Crippen molar-refractivity contribution in [1.82, 2.24) is 4.90 Å². The molecule has 2 N–H and O–H groups in total. The van der Waals surface area contributed by atoms with Crippen molar-refractivity contribution in [1.29, 1.82) is 0 Å². The molecule has 0 spiro atoms. The standard InChI is InChI=1S/C8H9BrN2OS/c9-5-1-2-13-7(5)4-11-3-6(10)8(11)12/h1-2,6H,3-4,10H2. The molecule has 5 heteroatoms. The quantitative estimate of drug-likeness (QED) is 0.812. The minimum Gasteiger partial charge on any atom is -0.334 e. The molecule has 1 atom stereocenters. The number of nitrogens with two attached hydrogens (primary N) is 1. The van der Waals surface area contributed by atoms with Gasteiger partial charge in [0.15, 0.2) is 0 Å². The van der Waals surface area contributed by atoms with Gasteiger partial charge in [-0.25, -0.2) is 0 Å².